The van der Waals surface area contributed by atoms with Crippen molar-refractivity contribution in [2.24, 2.45) is 7.05 Å². The van der Waals surface area contributed by atoms with Gasteiger partial charge in [-0.1, -0.05) is 36.0 Å². The lowest BCUT2D eigenvalue weighted by molar-refractivity contribution is 0.0948. The minimum Gasteiger partial charge on any atom is -0.467 e. The minimum absolute atomic E-state index is 0.168. The summed E-state index contributed by atoms with van der Waals surface area (Å²) >= 11 is 1.47. The Labute approximate surface area is 177 Å². The summed E-state index contributed by atoms with van der Waals surface area (Å²) in [4.78, 5) is 12.4. The van der Waals surface area contributed by atoms with Crippen molar-refractivity contribution in [2.45, 2.75) is 17.5 Å². The first-order valence-electron chi connectivity index (χ1n) is 9.28. The number of halogens is 1. The number of furan rings is 1. The van der Waals surface area contributed by atoms with Crippen molar-refractivity contribution in [3.63, 3.8) is 0 Å². The molecule has 2 heterocycles. The highest BCUT2D eigenvalue weighted by Crippen LogP contribution is 2.26. The Balaban J connectivity index is 1.41. The Hall–Kier alpha value is -3.39. The van der Waals surface area contributed by atoms with Gasteiger partial charge in [-0.25, -0.2) is 4.39 Å². The molecule has 2 aromatic carbocycles. The Morgan fingerprint density at radius 1 is 1.13 bits per heavy atom. The Bertz CT molecular complexity index is 1160. The average molecular weight is 422 g/mol. The molecule has 8 heteroatoms. The molecule has 0 bridgehead atoms. The topological polar surface area (TPSA) is 73.0 Å². The molecule has 4 rings (SSSR count). The molecule has 1 amide bonds. The van der Waals surface area contributed by atoms with Crippen LogP contribution in [0.15, 0.2) is 76.5 Å². The van der Waals surface area contributed by atoms with Crippen LogP contribution >= 0.6 is 11.8 Å². The second kappa shape index (κ2) is 8.96. The fraction of sp³-hybridized carbons (Fsp3) is 0.136. The molecule has 0 aliphatic carbocycles. The third kappa shape index (κ3) is 4.44. The fourth-order valence-electron chi connectivity index (χ4n) is 2.95. The fourth-order valence-corrected chi connectivity index (χ4v) is 3.80. The molecule has 0 saturated carbocycles. The Kier molecular flexibility index (Phi) is 5.94. The maximum atomic E-state index is 14.1. The summed E-state index contributed by atoms with van der Waals surface area (Å²) in [6.45, 7) is 0.336. The highest BCUT2D eigenvalue weighted by Gasteiger charge is 2.15. The smallest absolute Gasteiger partial charge is 0.251 e. The summed E-state index contributed by atoms with van der Waals surface area (Å²) in [6, 6.07) is 17.5. The molecule has 152 valence electrons. The van der Waals surface area contributed by atoms with Crippen LogP contribution in [0.5, 0.6) is 0 Å². The molecule has 0 aliphatic rings. The molecule has 0 spiro atoms. The van der Waals surface area contributed by atoms with Gasteiger partial charge in [-0.3, -0.25) is 4.79 Å². The second-order valence-electron chi connectivity index (χ2n) is 6.60. The van der Waals surface area contributed by atoms with Crippen molar-refractivity contribution in [2.75, 3.05) is 0 Å². The van der Waals surface area contributed by atoms with Gasteiger partial charge < -0.3 is 14.3 Å². The summed E-state index contributed by atoms with van der Waals surface area (Å²) in [7, 11) is 1.81. The molecular weight excluding hydrogens is 403 g/mol. The number of hydrogen-bond donors (Lipinski definition) is 1. The van der Waals surface area contributed by atoms with Crippen molar-refractivity contribution >= 4 is 17.7 Å². The molecule has 4 aromatic rings. The van der Waals surface area contributed by atoms with E-state index < -0.39 is 0 Å². The van der Waals surface area contributed by atoms with Crippen molar-refractivity contribution in [1.29, 1.82) is 0 Å². The van der Waals surface area contributed by atoms with Crippen LogP contribution in [-0.4, -0.2) is 20.7 Å². The van der Waals surface area contributed by atoms with E-state index in [0.29, 0.717) is 40.2 Å². The highest BCUT2D eigenvalue weighted by atomic mass is 32.2. The zero-order valence-electron chi connectivity index (χ0n) is 16.2. The van der Waals surface area contributed by atoms with Gasteiger partial charge in [0.1, 0.15) is 11.6 Å². The van der Waals surface area contributed by atoms with Crippen LogP contribution in [0.4, 0.5) is 4.39 Å². The predicted molar refractivity (Wildman–Crippen MR) is 112 cm³/mol. The maximum Gasteiger partial charge on any atom is 0.251 e. The third-order valence-corrected chi connectivity index (χ3v) is 5.60. The van der Waals surface area contributed by atoms with Crippen molar-refractivity contribution in [3.05, 3.63) is 89.6 Å². The van der Waals surface area contributed by atoms with Gasteiger partial charge in [0.25, 0.3) is 5.91 Å². The average Bonchev–Trinajstić information content (AvgIpc) is 3.41. The largest absolute Gasteiger partial charge is 0.467 e. The van der Waals surface area contributed by atoms with E-state index in [9.17, 15) is 9.18 Å². The Morgan fingerprint density at radius 2 is 2.00 bits per heavy atom. The van der Waals surface area contributed by atoms with Crippen LogP contribution in [0, 0.1) is 5.82 Å². The van der Waals surface area contributed by atoms with Gasteiger partial charge >= 0.3 is 0 Å². The molecule has 2 aromatic heterocycles. The molecule has 0 fully saturated rings. The molecule has 30 heavy (non-hydrogen) atoms. The van der Waals surface area contributed by atoms with Gasteiger partial charge in [0, 0.05) is 18.4 Å². The number of carbonyl (C=O) groups is 1. The zero-order chi connectivity index (χ0) is 20.9. The highest BCUT2D eigenvalue weighted by molar-refractivity contribution is 7.98. The van der Waals surface area contributed by atoms with E-state index in [4.69, 9.17) is 4.42 Å². The molecular formula is C22H19FN4O2S. The van der Waals surface area contributed by atoms with Gasteiger partial charge in [0.05, 0.1) is 18.4 Å². The first-order chi connectivity index (χ1) is 14.6. The van der Waals surface area contributed by atoms with E-state index in [-0.39, 0.29) is 11.7 Å². The number of benzene rings is 2. The lowest BCUT2D eigenvalue weighted by Gasteiger charge is -2.07. The van der Waals surface area contributed by atoms with Crippen LogP contribution in [0.3, 0.4) is 0 Å². The van der Waals surface area contributed by atoms with E-state index in [0.717, 1.165) is 5.56 Å². The monoisotopic (exact) mass is 422 g/mol. The van der Waals surface area contributed by atoms with Crippen LogP contribution < -0.4 is 5.32 Å². The molecule has 6 nitrogen and oxygen atoms in total. The van der Waals surface area contributed by atoms with Gasteiger partial charge in [-0.2, -0.15) is 0 Å². The van der Waals surface area contributed by atoms with Crippen LogP contribution in [0.2, 0.25) is 0 Å². The number of thioether (sulfide) groups is 1. The standard InChI is InChI=1S/C22H19FN4O2S/c1-27-20(18-9-2-3-10-19(18)23)25-26-22(27)30-14-15-6-4-7-16(12-15)21(28)24-13-17-8-5-11-29-17/h2-12H,13-14H2,1H3,(H,24,28). The minimum atomic E-state index is -0.335. The summed E-state index contributed by atoms with van der Waals surface area (Å²) in [5, 5.41) is 11.8. The predicted octanol–water partition coefficient (Wildman–Crippen LogP) is 4.44. The summed E-state index contributed by atoms with van der Waals surface area (Å²) in [5.41, 5.74) is 1.96. The maximum absolute atomic E-state index is 14.1. The first kappa shape index (κ1) is 19.9. The second-order valence-corrected chi connectivity index (χ2v) is 7.54. The lowest BCUT2D eigenvalue weighted by atomic mass is 10.1. The van der Waals surface area contributed by atoms with Crippen molar-refractivity contribution in [3.8, 4) is 11.4 Å². The molecule has 0 unspecified atom stereocenters. The summed E-state index contributed by atoms with van der Waals surface area (Å²) in [5.74, 6) is 1.27. The molecule has 1 N–H and O–H groups in total. The van der Waals surface area contributed by atoms with Crippen molar-refractivity contribution in [1.82, 2.24) is 20.1 Å². The summed E-state index contributed by atoms with van der Waals surface area (Å²) < 4.78 is 21.1. The SMILES string of the molecule is Cn1c(SCc2cccc(C(=O)NCc3ccco3)c2)nnc1-c1ccccc1F. The quantitative estimate of drug-likeness (QED) is 0.446. The number of hydrogen-bond acceptors (Lipinski definition) is 5. The van der Waals surface area contributed by atoms with Gasteiger partial charge in [-0.05, 0) is 42.0 Å². The number of nitrogens with zero attached hydrogens (tertiary/aromatic N) is 3. The molecule has 0 aliphatic heterocycles. The molecule has 0 atom stereocenters. The van der Waals surface area contributed by atoms with Gasteiger partial charge in [0.2, 0.25) is 0 Å². The van der Waals surface area contributed by atoms with Crippen molar-refractivity contribution < 1.29 is 13.6 Å². The number of carbonyl (C=O) groups excluding carboxylic acids is 1. The number of aromatic nitrogens is 3. The van der Waals surface area contributed by atoms with E-state index >= 15 is 0 Å². The van der Waals surface area contributed by atoms with E-state index in [1.54, 1.807) is 41.2 Å². The third-order valence-electron chi connectivity index (χ3n) is 4.51. The van der Waals surface area contributed by atoms with E-state index in [1.807, 2.05) is 31.3 Å². The first-order valence-corrected chi connectivity index (χ1v) is 10.3. The number of amides is 1. The molecule has 0 saturated heterocycles. The molecule has 0 radical (unpaired) electrons. The van der Waals surface area contributed by atoms with Crippen LogP contribution in [-0.2, 0) is 19.3 Å². The Morgan fingerprint density at radius 3 is 2.80 bits per heavy atom. The van der Waals surface area contributed by atoms with Gasteiger partial charge in [0.15, 0.2) is 11.0 Å². The van der Waals surface area contributed by atoms with E-state index in [1.165, 1.54) is 17.8 Å². The van der Waals surface area contributed by atoms with E-state index in [2.05, 4.69) is 15.5 Å². The normalized spacial score (nSPS) is 10.9. The lowest BCUT2D eigenvalue weighted by Crippen LogP contribution is -2.22. The zero-order valence-corrected chi connectivity index (χ0v) is 17.0. The van der Waals surface area contributed by atoms with Crippen LogP contribution in [0.1, 0.15) is 21.7 Å². The van der Waals surface area contributed by atoms with Gasteiger partial charge in [-0.15, -0.1) is 10.2 Å². The van der Waals surface area contributed by atoms with Crippen LogP contribution in [0.25, 0.3) is 11.4 Å². The number of nitrogens with one attached hydrogen (secondary N) is 1. The summed E-state index contributed by atoms with van der Waals surface area (Å²) in [6.07, 6.45) is 1.57. The number of rotatable bonds is 7.